The van der Waals surface area contributed by atoms with Gasteiger partial charge in [0, 0.05) is 11.6 Å². The summed E-state index contributed by atoms with van der Waals surface area (Å²) in [5.41, 5.74) is 2.28. The number of rotatable bonds is 5. The summed E-state index contributed by atoms with van der Waals surface area (Å²) in [6.07, 6.45) is 2.11. The molecule has 0 aromatic heterocycles. The molecule has 0 saturated carbocycles. The van der Waals surface area contributed by atoms with E-state index in [1.54, 1.807) is 14.2 Å². The van der Waals surface area contributed by atoms with Gasteiger partial charge in [-0.25, -0.2) is 0 Å². The lowest BCUT2D eigenvalue weighted by atomic mass is 10.1. The van der Waals surface area contributed by atoms with Crippen molar-refractivity contribution in [2.75, 3.05) is 21.3 Å². The summed E-state index contributed by atoms with van der Waals surface area (Å²) in [6.45, 7) is 4.22. The highest BCUT2D eigenvalue weighted by molar-refractivity contribution is 5.64. The standard InChI is InChI=1S/C14H21NO2/c1-10(11(2)15-3)9-12-7-6-8-13(16-4)14(12)17-5/h6-9,11,15H,1-5H3/b10-9+. The van der Waals surface area contributed by atoms with E-state index in [2.05, 4.69) is 25.2 Å². The number of likely N-dealkylation sites (N-methyl/N-ethyl adjacent to an activating group) is 1. The molecular formula is C14H21NO2. The molecule has 1 aromatic carbocycles. The summed E-state index contributed by atoms with van der Waals surface area (Å²) < 4.78 is 10.7. The predicted octanol–water partition coefficient (Wildman–Crippen LogP) is 2.72. The van der Waals surface area contributed by atoms with E-state index < -0.39 is 0 Å². The number of hydrogen-bond acceptors (Lipinski definition) is 3. The molecule has 1 rings (SSSR count). The predicted molar refractivity (Wildman–Crippen MR) is 71.7 cm³/mol. The highest BCUT2D eigenvalue weighted by Crippen LogP contribution is 2.32. The van der Waals surface area contributed by atoms with Gasteiger partial charge in [0.25, 0.3) is 0 Å². The first kappa shape index (κ1) is 13.6. The Kier molecular flexibility index (Phi) is 5.04. The molecule has 0 radical (unpaired) electrons. The van der Waals surface area contributed by atoms with Gasteiger partial charge in [-0.3, -0.25) is 0 Å². The molecular weight excluding hydrogens is 214 g/mol. The van der Waals surface area contributed by atoms with Crippen molar-refractivity contribution in [3.63, 3.8) is 0 Å². The van der Waals surface area contributed by atoms with E-state index in [9.17, 15) is 0 Å². The first-order valence-corrected chi connectivity index (χ1v) is 5.70. The van der Waals surface area contributed by atoms with Gasteiger partial charge >= 0.3 is 0 Å². The highest BCUT2D eigenvalue weighted by atomic mass is 16.5. The molecule has 1 aromatic rings. The molecule has 0 spiro atoms. The van der Waals surface area contributed by atoms with Crippen molar-refractivity contribution in [1.29, 1.82) is 0 Å². The van der Waals surface area contributed by atoms with Crippen LogP contribution < -0.4 is 14.8 Å². The van der Waals surface area contributed by atoms with Crippen LogP contribution >= 0.6 is 0 Å². The fourth-order valence-electron chi connectivity index (χ4n) is 1.62. The van der Waals surface area contributed by atoms with Gasteiger partial charge in [-0.1, -0.05) is 23.8 Å². The molecule has 0 aliphatic heterocycles. The van der Waals surface area contributed by atoms with E-state index in [1.807, 2.05) is 25.2 Å². The van der Waals surface area contributed by atoms with Gasteiger partial charge in [0.05, 0.1) is 14.2 Å². The third kappa shape index (κ3) is 3.24. The molecule has 0 saturated heterocycles. The second-order valence-corrected chi connectivity index (χ2v) is 3.98. The Morgan fingerprint density at radius 2 is 2.00 bits per heavy atom. The number of benzene rings is 1. The summed E-state index contributed by atoms with van der Waals surface area (Å²) in [5, 5.41) is 3.21. The largest absolute Gasteiger partial charge is 0.493 e. The molecule has 0 heterocycles. The Morgan fingerprint density at radius 3 is 2.53 bits per heavy atom. The van der Waals surface area contributed by atoms with Crippen LogP contribution in [0.1, 0.15) is 19.4 Å². The van der Waals surface area contributed by atoms with Crippen LogP contribution in [0.2, 0.25) is 0 Å². The third-order valence-corrected chi connectivity index (χ3v) is 2.93. The lowest BCUT2D eigenvalue weighted by Crippen LogP contribution is -2.21. The molecule has 1 atom stereocenters. The minimum atomic E-state index is 0.339. The van der Waals surface area contributed by atoms with E-state index >= 15 is 0 Å². The van der Waals surface area contributed by atoms with Crippen LogP contribution in [0.3, 0.4) is 0 Å². The lowest BCUT2D eigenvalue weighted by molar-refractivity contribution is 0.354. The van der Waals surface area contributed by atoms with Gasteiger partial charge in [0.2, 0.25) is 0 Å². The first-order chi connectivity index (χ1) is 8.13. The van der Waals surface area contributed by atoms with E-state index in [0.717, 1.165) is 17.1 Å². The molecule has 0 bridgehead atoms. The minimum Gasteiger partial charge on any atom is -0.493 e. The minimum absolute atomic E-state index is 0.339. The molecule has 0 aliphatic rings. The quantitative estimate of drug-likeness (QED) is 0.851. The van der Waals surface area contributed by atoms with Gasteiger partial charge in [-0.05, 0) is 27.0 Å². The van der Waals surface area contributed by atoms with Crippen molar-refractivity contribution in [3.05, 3.63) is 29.3 Å². The molecule has 94 valence electrons. The second kappa shape index (κ2) is 6.30. The SMILES string of the molecule is CNC(C)/C(C)=C/c1cccc(OC)c1OC. The van der Waals surface area contributed by atoms with Crippen LogP contribution in [-0.2, 0) is 0 Å². The van der Waals surface area contributed by atoms with Crippen molar-refractivity contribution in [3.8, 4) is 11.5 Å². The zero-order valence-electron chi connectivity index (χ0n) is 11.2. The number of nitrogens with one attached hydrogen (secondary N) is 1. The van der Waals surface area contributed by atoms with Gasteiger partial charge in [-0.15, -0.1) is 0 Å². The molecule has 3 nitrogen and oxygen atoms in total. The van der Waals surface area contributed by atoms with Crippen LogP contribution in [0.4, 0.5) is 0 Å². The Hall–Kier alpha value is -1.48. The average molecular weight is 235 g/mol. The molecule has 3 heteroatoms. The maximum atomic E-state index is 5.39. The van der Waals surface area contributed by atoms with E-state index in [4.69, 9.17) is 9.47 Å². The third-order valence-electron chi connectivity index (χ3n) is 2.93. The Morgan fingerprint density at radius 1 is 1.29 bits per heavy atom. The lowest BCUT2D eigenvalue weighted by Gasteiger charge is -2.13. The van der Waals surface area contributed by atoms with Gasteiger partial charge in [0.15, 0.2) is 11.5 Å². The van der Waals surface area contributed by atoms with Crippen molar-refractivity contribution in [1.82, 2.24) is 5.32 Å². The number of methoxy groups -OCH3 is 2. The smallest absolute Gasteiger partial charge is 0.167 e. The van der Waals surface area contributed by atoms with Gasteiger partial charge in [-0.2, -0.15) is 0 Å². The van der Waals surface area contributed by atoms with Crippen LogP contribution in [0, 0.1) is 0 Å². The molecule has 1 unspecified atom stereocenters. The van der Waals surface area contributed by atoms with Gasteiger partial charge < -0.3 is 14.8 Å². The zero-order valence-corrected chi connectivity index (χ0v) is 11.2. The molecule has 0 amide bonds. The van der Waals surface area contributed by atoms with Crippen molar-refractivity contribution in [2.24, 2.45) is 0 Å². The van der Waals surface area contributed by atoms with Crippen molar-refractivity contribution >= 4 is 6.08 Å². The maximum absolute atomic E-state index is 5.39. The molecule has 0 fully saturated rings. The summed E-state index contributed by atoms with van der Waals surface area (Å²) in [5.74, 6) is 1.53. The molecule has 0 aliphatic carbocycles. The Balaban J connectivity index is 3.14. The van der Waals surface area contributed by atoms with Crippen LogP contribution in [0.5, 0.6) is 11.5 Å². The highest BCUT2D eigenvalue weighted by Gasteiger charge is 2.08. The topological polar surface area (TPSA) is 30.5 Å². The van der Waals surface area contributed by atoms with Crippen molar-refractivity contribution in [2.45, 2.75) is 19.9 Å². The van der Waals surface area contributed by atoms with E-state index in [1.165, 1.54) is 5.57 Å². The average Bonchev–Trinajstić information content (AvgIpc) is 2.37. The number of ether oxygens (including phenoxy) is 2. The van der Waals surface area contributed by atoms with Crippen LogP contribution in [0.25, 0.3) is 6.08 Å². The first-order valence-electron chi connectivity index (χ1n) is 5.70. The fourth-order valence-corrected chi connectivity index (χ4v) is 1.62. The number of para-hydroxylation sites is 1. The Labute approximate surface area is 103 Å². The van der Waals surface area contributed by atoms with Gasteiger partial charge in [0.1, 0.15) is 0 Å². The van der Waals surface area contributed by atoms with Crippen LogP contribution in [0.15, 0.2) is 23.8 Å². The zero-order chi connectivity index (χ0) is 12.8. The molecule has 17 heavy (non-hydrogen) atoms. The normalized spacial score (nSPS) is 13.4. The van der Waals surface area contributed by atoms with Crippen LogP contribution in [-0.4, -0.2) is 27.3 Å². The van der Waals surface area contributed by atoms with Crippen molar-refractivity contribution < 1.29 is 9.47 Å². The maximum Gasteiger partial charge on any atom is 0.167 e. The summed E-state index contributed by atoms with van der Waals surface area (Å²) in [7, 11) is 5.26. The monoisotopic (exact) mass is 235 g/mol. The van der Waals surface area contributed by atoms with E-state index in [-0.39, 0.29) is 0 Å². The van der Waals surface area contributed by atoms with E-state index in [0.29, 0.717) is 6.04 Å². The summed E-state index contributed by atoms with van der Waals surface area (Å²) >= 11 is 0. The molecule has 1 N–H and O–H groups in total. The summed E-state index contributed by atoms with van der Waals surface area (Å²) in [6, 6.07) is 6.22. The Bertz CT molecular complexity index is 399. The summed E-state index contributed by atoms with van der Waals surface area (Å²) in [4.78, 5) is 0. The fraction of sp³-hybridized carbons (Fsp3) is 0.429. The second-order valence-electron chi connectivity index (χ2n) is 3.98. The number of hydrogen-bond donors (Lipinski definition) is 1.